The molecule has 1 N–H and O–H groups in total. The number of halogens is 1. The summed E-state index contributed by atoms with van der Waals surface area (Å²) in [7, 11) is 0. The zero-order valence-corrected chi connectivity index (χ0v) is 12.8. The Labute approximate surface area is 120 Å². The van der Waals surface area contributed by atoms with Gasteiger partial charge in [0.2, 0.25) is 0 Å². The minimum atomic E-state index is -0.927. The number of hydrogen-bond acceptors (Lipinski definition) is 3. The average molecular weight is 329 g/mol. The summed E-state index contributed by atoms with van der Waals surface area (Å²) >= 11 is 3.22. The summed E-state index contributed by atoms with van der Waals surface area (Å²) in [6, 6.07) is 5.07. The van der Waals surface area contributed by atoms with Crippen LogP contribution in [0.1, 0.15) is 37.7 Å². The maximum absolute atomic E-state index is 12.4. The quantitative estimate of drug-likeness (QED) is 0.862. The SMILES string of the molecule is CC(C)(C)N(CCC(=O)O)C(=O)c1cccc(Br)n1. The third kappa shape index (κ3) is 4.63. The number of carboxylic acid groups (broad SMARTS) is 1. The molecule has 1 rings (SSSR count). The maximum atomic E-state index is 12.4. The Hall–Kier alpha value is -1.43. The first-order valence-corrected chi connectivity index (χ1v) is 6.67. The van der Waals surface area contributed by atoms with Gasteiger partial charge in [0, 0.05) is 12.1 Å². The Balaban J connectivity index is 2.97. The Bertz CT molecular complexity index is 483. The summed E-state index contributed by atoms with van der Waals surface area (Å²) in [5, 5.41) is 8.76. The summed E-state index contributed by atoms with van der Waals surface area (Å²) < 4.78 is 0.574. The molecule has 1 aromatic heterocycles. The minimum absolute atomic E-state index is 0.0863. The van der Waals surface area contributed by atoms with Crippen molar-refractivity contribution < 1.29 is 14.7 Å². The molecule has 0 aliphatic heterocycles. The lowest BCUT2D eigenvalue weighted by atomic mass is 10.0. The lowest BCUT2D eigenvalue weighted by Crippen LogP contribution is -2.46. The van der Waals surface area contributed by atoms with E-state index in [4.69, 9.17) is 5.11 Å². The van der Waals surface area contributed by atoms with Gasteiger partial charge in [0.25, 0.3) is 5.91 Å². The number of rotatable bonds is 4. The number of aromatic nitrogens is 1. The highest BCUT2D eigenvalue weighted by atomic mass is 79.9. The lowest BCUT2D eigenvalue weighted by Gasteiger charge is -2.35. The number of pyridine rings is 1. The number of nitrogens with zero attached hydrogens (tertiary/aromatic N) is 2. The van der Waals surface area contributed by atoms with Crippen molar-refractivity contribution >= 4 is 27.8 Å². The molecular formula is C13H17BrN2O3. The van der Waals surface area contributed by atoms with Crippen molar-refractivity contribution in [1.82, 2.24) is 9.88 Å². The molecule has 6 heteroatoms. The summed E-state index contributed by atoms with van der Waals surface area (Å²) in [5.41, 5.74) is -0.161. The number of carbonyl (C=O) groups excluding carboxylic acids is 1. The molecule has 0 radical (unpaired) electrons. The summed E-state index contributed by atoms with van der Waals surface area (Å²) in [6.45, 7) is 5.76. The van der Waals surface area contributed by atoms with Crippen molar-refractivity contribution in [2.75, 3.05) is 6.54 Å². The maximum Gasteiger partial charge on any atom is 0.305 e. The highest BCUT2D eigenvalue weighted by Gasteiger charge is 2.28. The number of aliphatic carboxylic acids is 1. The normalized spacial score (nSPS) is 11.2. The molecule has 5 nitrogen and oxygen atoms in total. The van der Waals surface area contributed by atoms with Gasteiger partial charge < -0.3 is 10.0 Å². The van der Waals surface area contributed by atoms with Crippen molar-refractivity contribution in [3.8, 4) is 0 Å². The molecule has 0 aliphatic carbocycles. The molecular weight excluding hydrogens is 312 g/mol. The highest BCUT2D eigenvalue weighted by molar-refractivity contribution is 9.10. The van der Waals surface area contributed by atoms with Gasteiger partial charge in [0.05, 0.1) is 6.42 Å². The van der Waals surface area contributed by atoms with Gasteiger partial charge >= 0.3 is 5.97 Å². The molecule has 0 fully saturated rings. The molecule has 0 saturated carbocycles. The first-order valence-electron chi connectivity index (χ1n) is 5.88. The molecule has 0 bridgehead atoms. The molecule has 19 heavy (non-hydrogen) atoms. The van der Waals surface area contributed by atoms with Gasteiger partial charge in [-0.15, -0.1) is 0 Å². The fourth-order valence-electron chi connectivity index (χ4n) is 1.61. The second-order valence-corrected chi connectivity index (χ2v) is 5.93. The second kappa shape index (κ2) is 6.14. The minimum Gasteiger partial charge on any atom is -0.481 e. The van der Waals surface area contributed by atoms with Crippen LogP contribution in [-0.4, -0.2) is 39.0 Å². The molecule has 0 unspecified atom stereocenters. The van der Waals surface area contributed by atoms with Gasteiger partial charge in [-0.05, 0) is 48.8 Å². The standard InChI is InChI=1S/C13H17BrN2O3/c1-13(2,3)16(8-7-11(17)18)12(19)9-5-4-6-10(14)15-9/h4-6H,7-8H2,1-3H3,(H,17,18). The molecule has 0 aromatic carbocycles. The van der Waals surface area contributed by atoms with Crippen molar-refractivity contribution in [2.24, 2.45) is 0 Å². The van der Waals surface area contributed by atoms with E-state index in [1.165, 1.54) is 4.90 Å². The number of hydrogen-bond donors (Lipinski definition) is 1. The van der Waals surface area contributed by atoms with Crippen LogP contribution in [0.2, 0.25) is 0 Å². The smallest absolute Gasteiger partial charge is 0.305 e. The van der Waals surface area contributed by atoms with Gasteiger partial charge in [-0.25, -0.2) is 4.98 Å². The number of amides is 1. The average Bonchev–Trinajstić information content (AvgIpc) is 2.26. The van der Waals surface area contributed by atoms with E-state index in [0.29, 0.717) is 10.3 Å². The zero-order valence-electron chi connectivity index (χ0n) is 11.2. The summed E-state index contributed by atoms with van der Waals surface area (Å²) in [6.07, 6.45) is -0.0863. The first kappa shape index (κ1) is 15.6. The molecule has 0 atom stereocenters. The largest absolute Gasteiger partial charge is 0.481 e. The third-order valence-electron chi connectivity index (χ3n) is 2.54. The van der Waals surface area contributed by atoms with E-state index >= 15 is 0 Å². The molecule has 104 valence electrons. The summed E-state index contributed by atoms with van der Waals surface area (Å²) in [5.74, 6) is -1.20. The van der Waals surface area contributed by atoms with Crippen LogP contribution in [0, 0.1) is 0 Å². The van der Waals surface area contributed by atoms with E-state index in [1.54, 1.807) is 18.2 Å². The fourth-order valence-corrected chi connectivity index (χ4v) is 1.96. The van der Waals surface area contributed by atoms with Crippen LogP contribution in [0.15, 0.2) is 22.8 Å². The molecule has 1 aromatic rings. The number of carbonyl (C=O) groups is 2. The van der Waals surface area contributed by atoms with Crippen molar-refractivity contribution in [2.45, 2.75) is 32.7 Å². The van der Waals surface area contributed by atoms with Crippen molar-refractivity contribution in [3.63, 3.8) is 0 Å². The predicted molar refractivity (Wildman–Crippen MR) is 75.0 cm³/mol. The van der Waals surface area contributed by atoms with Gasteiger partial charge in [-0.2, -0.15) is 0 Å². The van der Waals surface area contributed by atoms with Crippen LogP contribution in [0.3, 0.4) is 0 Å². The predicted octanol–water partition coefficient (Wildman–Crippen LogP) is 2.56. The van der Waals surface area contributed by atoms with E-state index in [0.717, 1.165) is 0 Å². The molecule has 0 spiro atoms. The Morgan fingerprint density at radius 3 is 2.47 bits per heavy atom. The Morgan fingerprint density at radius 2 is 2.00 bits per heavy atom. The fraction of sp³-hybridized carbons (Fsp3) is 0.462. The van der Waals surface area contributed by atoms with Gasteiger partial charge in [0.15, 0.2) is 0 Å². The molecule has 0 aliphatic rings. The zero-order chi connectivity index (χ0) is 14.6. The first-order chi connectivity index (χ1) is 8.71. The highest BCUT2D eigenvalue weighted by Crippen LogP contribution is 2.18. The van der Waals surface area contributed by atoms with Gasteiger partial charge in [-0.1, -0.05) is 6.07 Å². The molecule has 1 amide bonds. The van der Waals surface area contributed by atoms with Crippen LogP contribution >= 0.6 is 15.9 Å². The van der Waals surface area contributed by atoms with Crippen LogP contribution in [0.25, 0.3) is 0 Å². The van der Waals surface area contributed by atoms with Crippen LogP contribution in [0.4, 0.5) is 0 Å². The van der Waals surface area contributed by atoms with E-state index in [2.05, 4.69) is 20.9 Å². The lowest BCUT2D eigenvalue weighted by molar-refractivity contribution is -0.137. The van der Waals surface area contributed by atoms with E-state index in [-0.39, 0.29) is 18.9 Å². The number of carboxylic acids is 1. The van der Waals surface area contributed by atoms with E-state index in [1.807, 2.05) is 20.8 Å². The van der Waals surface area contributed by atoms with Crippen LogP contribution in [-0.2, 0) is 4.79 Å². The van der Waals surface area contributed by atoms with E-state index < -0.39 is 11.5 Å². The van der Waals surface area contributed by atoms with Crippen molar-refractivity contribution in [1.29, 1.82) is 0 Å². The van der Waals surface area contributed by atoms with E-state index in [9.17, 15) is 9.59 Å². The topological polar surface area (TPSA) is 70.5 Å². The van der Waals surface area contributed by atoms with Gasteiger partial charge in [0.1, 0.15) is 10.3 Å². The van der Waals surface area contributed by atoms with Gasteiger partial charge in [-0.3, -0.25) is 9.59 Å². The molecule has 0 saturated heterocycles. The monoisotopic (exact) mass is 328 g/mol. The van der Waals surface area contributed by atoms with Crippen LogP contribution in [0.5, 0.6) is 0 Å². The Kier molecular flexibility index (Phi) is 5.05. The third-order valence-corrected chi connectivity index (χ3v) is 2.98. The molecule has 1 heterocycles. The Morgan fingerprint density at radius 1 is 1.37 bits per heavy atom. The summed E-state index contributed by atoms with van der Waals surface area (Å²) in [4.78, 5) is 28.7. The van der Waals surface area contributed by atoms with Crippen molar-refractivity contribution in [3.05, 3.63) is 28.5 Å². The van der Waals surface area contributed by atoms with Crippen LogP contribution < -0.4 is 0 Å². The second-order valence-electron chi connectivity index (χ2n) is 5.12.